The summed E-state index contributed by atoms with van der Waals surface area (Å²) in [6.07, 6.45) is -1.80. The van der Waals surface area contributed by atoms with Gasteiger partial charge in [-0.25, -0.2) is 19.0 Å². The maximum absolute atomic E-state index is 15.0. The van der Waals surface area contributed by atoms with Crippen LogP contribution in [0.25, 0.3) is 21.8 Å². The Morgan fingerprint density at radius 3 is 2.14 bits per heavy atom. The molecule has 2 aromatic heterocycles. The van der Waals surface area contributed by atoms with Crippen LogP contribution in [-0.2, 0) is 48.1 Å². The van der Waals surface area contributed by atoms with Crippen molar-refractivity contribution in [3.05, 3.63) is 113 Å². The molecule has 0 unspecified atom stereocenters. The lowest BCUT2D eigenvalue weighted by Crippen LogP contribution is -2.44. The van der Waals surface area contributed by atoms with Crippen molar-refractivity contribution in [3.63, 3.8) is 0 Å². The Bertz CT molecular complexity index is 2890. The highest BCUT2D eigenvalue weighted by atomic mass is 32.2. The van der Waals surface area contributed by atoms with E-state index in [0.29, 0.717) is 27.7 Å². The number of carbonyl (C=O) groups is 4. The molecule has 6 aromatic rings. The maximum atomic E-state index is 15.0. The van der Waals surface area contributed by atoms with E-state index in [2.05, 4.69) is 10.3 Å². The maximum Gasteiger partial charge on any atom is 0.419 e. The molecule has 4 aromatic carbocycles. The number of ether oxygens (including phenoxy) is 7. The highest BCUT2D eigenvalue weighted by Gasteiger charge is 2.37. The molecule has 1 aliphatic rings. The van der Waals surface area contributed by atoms with Gasteiger partial charge in [-0.15, -0.1) is 0 Å². The number of carbonyl (C=O) groups excluding carboxylic acids is 4. The van der Waals surface area contributed by atoms with Gasteiger partial charge >= 0.3 is 18.2 Å². The second-order valence-electron chi connectivity index (χ2n) is 16.2. The molecule has 0 bridgehead atoms. The Labute approximate surface area is 380 Å². The summed E-state index contributed by atoms with van der Waals surface area (Å²) in [6.45, 7) is 5.00. The number of hydrogen-bond acceptors (Lipinski definition) is 14. The van der Waals surface area contributed by atoms with Crippen molar-refractivity contribution in [1.29, 1.82) is 0 Å². The smallest absolute Gasteiger partial charge is 0.419 e. The van der Waals surface area contributed by atoms with Crippen molar-refractivity contribution >= 4 is 61.7 Å². The second-order valence-corrected chi connectivity index (χ2v) is 17.8. The highest BCUT2D eigenvalue weighted by molar-refractivity contribution is 7.86. The van der Waals surface area contributed by atoms with Crippen LogP contribution in [0.3, 0.4) is 0 Å². The number of amides is 2. The number of rotatable bonds is 15. The van der Waals surface area contributed by atoms with Gasteiger partial charge in [0.15, 0.2) is 11.5 Å². The molecule has 0 saturated carbocycles. The van der Waals surface area contributed by atoms with Crippen LogP contribution in [0.5, 0.6) is 23.0 Å². The van der Waals surface area contributed by atoms with E-state index in [4.69, 9.17) is 37.3 Å². The monoisotopic (exact) mass is 926 g/mol. The second kappa shape index (κ2) is 19.5. The lowest BCUT2D eigenvalue weighted by atomic mass is 9.95. The first-order chi connectivity index (χ1) is 31.5. The molecule has 7 rings (SSSR count). The van der Waals surface area contributed by atoms with Gasteiger partial charge in [0.2, 0.25) is 5.75 Å². The molecule has 19 heteroatoms. The fraction of sp³-hybridized carbons (Fsp3) is 0.319. The topological polar surface area (TPSA) is 212 Å². The summed E-state index contributed by atoms with van der Waals surface area (Å²) < 4.78 is 72.1. The standard InChI is InChI=1S/C47H50N4O14S/c1-47(2,3)64-45(54)48-18-19-61-41-38(58-4)21-30-20-34(49-39(30)42(41)59-5)43(52)50-25-31(65-66(7,56)57)22-32-33-23-36(44(53)60-6)51(46(55)63-27-29-16-12-9-13-17-29)40(33)37(24-35(32)50)62-26-28-14-10-8-11-15-28/h8-17,20-21,23-24,31,49H,18-19,22,25-27H2,1-7H3,(H,48,54)/t31-/m0/s1. The highest BCUT2D eigenvalue weighted by Crippen LogP contribution is 2.45. The van der Waals surface area contributed by atoms with Crippen LogP contribution in [0, 0.1) is 0 Å². The fourth-order valence-electron chi connectivity index (χ4n) is 7.60. The van der Waals surface area contributed by atoms with Gasteiger partial charge in [-0.3, -0.25) is 8.98 Å². The molecule has 0 spiro atoms. The van der Waals surface area contributed by atoms with Gasteiger partial charge in [0.25, 0.3) is 16.0 Å². The zero-order chi connectivity index (χ0) is 47.3. The number of benzene rings is 4. The molecule has 66 heavy (non-hydrogen) atoms. The van der Waals surface area contributed by atoms with E-state index in [1.165, 1.54) is 32.3 Å². The molecule has 2 N–H and O–H groups in total. The third-order valence-electron chi connectivity index (χ3n) is 10.3. The number of H-pyrrole nitrogens is 1. The molecule has 0 saturated heterocycles. The van der Waals surface area contributed by atoms with Crippen LogP contribution in [0.1, 0.15) is 58.4 Å². The van der Waals surface area contributed by atoms with Crippen LogP contribution in [0.15, 0.2) is 84.9 Å². The molecule has 0 radical (unpaired) electrons. The van der Waals surface area contributed by atoms with E-state index in [1.54, 1.807) is 63.2 Å². The molecular formula is C47H50N4O14S. The van der Waals surface area contributed by atoms with Crippen LogP contribution >= 0.6 is 0 Å². The van der Waals surface area contributed by atoms with Crippen molar-refractivity contribution in [3.8, 4) is 23.0 Å². The van der Waals surface area contributed by atoms with Crippen LogP contribution in [0.4, 0.5) is 15.3 Å². The number of nitrogens with zero attached hydrogens (tertiary/aromatic N) is 2. The first-order valence-corrected chi connectivity index (χ1v) is 22.5. The minimum atomic E-state index is -4.07. The predicted octanol–water partition coefficient (Wildman–Crippen LogP) is 7.14. The Morgan fingerprint density at radius 2 is 1.52 bits per heavy atom. The number of fused-ring (bicyclic) bond motifs is 4. The van der Waals surface area contributed by atoms with Gasteiger partial charge in [-0.05, 0) is 55.7 Å². The number of anilines is 1. The summed E-state index contributed by atoms with van der Waals surface area (Å²) in [4.78, 5) is 59.3. The SMILES string of the molecule is COC(=O)c1cc2c3c(cc(OCc4ccccc4)c2n1C(=O)OCc1ccccc1)N(C(=O)c1cc2cc(OC)c(OCCNC(=O)OC(C)(C)C)c(OC)c2[nH]1)C[C@@H](OS(C)(=O)=O)C3. The molecule has 18 nitrogen and oxygen atoms in total. The summed E-state index contributed by atoms with van der Waals surface area (Å²) in [5.74, 6) is -0.709. The third-order valence-corrected chi connectivity index (χ3v) is 10.9. The molecule has 0 fully saturated rings. The number of methoxy groups -OCH3 is 3. The van der Waals surface area contributed by atoms with E-state index in [9.17, 15) is 27.6 Å². The number of aromatic amines is 1. The van der Waals surface area contributed by atoms with Crippen LogP contribution in [0.2, 0.25) is 0 Å². The third kappa shape index (κ3) is 10.5. The van der Waals surface area contributed by atoms with E-state index in [-0.39, 0.29) is 84.6 Å². The Morgan fingerprint density at radius 1 is 0.833 bits per heavy atom. The average Bonchev–Trinajstić information content (AvgIpc) is 3.90. The largest absolute Gasteiger partial charge is 0.493 e. The molecule has 2 amide bonds. The van der Waals surface area contributed by atoms with Gasteiger partial charge in [-0.1, -0.05) is 60.7 Å². The first-order valence-electron chi connectivity index (χ1n) is 20.7. The first kappa shape index (κ1) is 46.7. The van der Waals surface area contributed by atoms with E-state index < -0.39 is 45.9 Å². The van der Waals surface area contributed by atoms with Gasteiger partial charge in [-0.2, -0.15) is 8.42 Å². The average molecular weight is 927 g/mol. The fourth-order valence-corrected chi connectivity index (χ4v) is 8.22. The van der Waals surface area contributed by atoms with Gasteiger partial charge < -0.3 is 48.4 Å². The summed E-state index contributed by atoms with van der Waals surface area (Å²) in [6, 6.07) is 24.4. The number of aromatic nitrogens is 2. The van der Waals surface area contributed by atoms with Crippen molar-refractivity contribution in [2.75, 3.05) is 52.2 Å². The van der Waals surface area contributed by atoms with E-state index >= 15 is 0 Å². The van der Waals surface area contributed by atoms with E-state index in [1.807, 2.05) is 36.4 Å². The minimum Gasteiger partial charge on any atom is -0.493 e. The lowest BCUT2D eigenvalue weighted by molar-refractivity contribution is 0.0518. The van der Waals surface area contributed by atoms with Crippen molar-refractivity contribution in [2.24, 2.45) is 0 Å². The minimum absolute atomic E-state index is 0.00354. The molecule has 1 aliphatic heterocycles. The summed E-state index contributed by atoms with van der Waals surface area (Å²) in [7, 11) is -0.0389. The van der Waals surface area contributed by atoms with Crippen molar-refractivity contribution in [1.82, 2.24) is 14.9 Å². The van der Waals surface area contributed by atoms with Gasteiger partial charge in [0.1, 0.15) is 48.1 Å². The Hall–Kier alpha value is -7.25. The number of hydrogen-bond donors (Lipinski definition) is 2. The van der Waals surface area contributed by atoms with Crippen LogP contribution in [-0.4, -0.2) is 101 Å². The molecule has 348 valence electrons. The summed E-state index contributed by atoms with van der Waals surface area (Å²) >= 11 is 0. The van der Waals surface area contributed by atoms with Crippen molar-refractivity contribution < 1.29 is 64.9 Å². The summed E-state index contributed by atoms with van der Waals surface area (Å²) in [5.41, 5.74) is 1.79. The molecule has 1 atom stereocenters. The molecule has 3 heterocycles. The zero-order valence-electron chi connectivity index (χ0n) is 37.4. The Balaban J connectivity index is 1.33. The zero-order valence-corrected chi connectivity index (χ0v) is 38.2. The summed E-state index contributed by atoms with van der Waals surface area (Å²) in [5, 5.41) is 3.41. The van der Waals surface area contributed by atoms with Gasteiger partial charge in [0, 0.05) is 23.3 Å². The molecular weight excluding hydrogens is 877 g/mol. The number of alkyl carbamates (subject to hydrolysis) is 1. The quantitative estimate of drug-likeness (QED) is 0.0454. The predicted molar refractivity (Wildman–Crippen MR) is 242 cm³/mol. The van der Waals surface area contributed by atoms with E-state index in [0.717, 1.165) is 16.4 Å². The number of esters is 1. The number of nitrogens with one attached hydrogen (secondary N) is 2. The van der Waals surface area contributed by atoms with Crippen LogP contribution < -0.4 is 29.2 Å². The Kier molecular flexibility index (Phi) is 13.8. The van der Waals surface area contributed by atoms with Crippen molar-refractivity contribution in [2.45, 2.75) is 52.1 Å². The lowest BCUT2D eigenvalue weighted by Gasteiger charge is -2.34. The van der Waals surface area contributed by atoms with Gasteiger partial charge in [0.05, 0.1) is 58.0 Å². The normalized spacial score (nSPS) is 13.7. The molecule has 0 aliphatic carbocycles.